The standard InChI is InChI=1S/C23H26N2O5/c1-3-13-30-20-11-9-19(10-12-20)25-15-17(14-21(25)26)22(27)24-18-7-5-16(6-8-18)23(28)29-4-2/h5-12,17H,3-4,13-15H2,1-2H3,(H,24,27)/t17-/m1/s1. The van der Waals surface area contributed by atoms with E-state index in [1.54, 1.807) is 36.1 Å². The van der Waals surface area contributed by atoms with Crippen LogP contribution in [0, 0.1) is 5.92 Å². The van der Waals surface area contributed by atoms with Crippen LogP contribution in [0.4, 0.5) is 11.4 Å². The molecule has 1 N–H and O–H groups in total. The molecular formula is C23H26N2O5. The van der Waals surface area contributed by atoms with Gasteiger partial charge in [-0.1, -0.05) is 6.92 Å². The van der Waals surface area contributed by atoms with Gasteiger partial charge in [-0.05, 0) is 61.9 Å². The SMILES string of the molecule is CCCOc1ccc(N2C[C@H](C(=O)Nc3ccc(C(=O)OCC)cc3)CC2=O)cc1. The Bertz CT molecular complexity index is 893. The molecule has 7 heteroatoms. The zero-order valence-electron chi connectivity index (χ0n) is 17.2. The van der Waals surface area contributed by atoms with Crippen LogP contribution in [0.25, 0.3) is 0 Å². The fraction of sp³-hybridized carbons (Fsp3) is 0.348. The normalized spacial score (nSPS) is 15.7. The minimum absolute atomic E-state index is 0.0879. The maximum atomic E-state index is 12.6. The van der Waals surface area contributed by atoms with Crippen LogP contribution in [0.5, 0.6) is 5.75 Å². The molecule has 1 heterocycles. The Balaban J connectivity index is 1.59. The van der Waals surface area contributed by atoms with Crippen LogP contribution >= 0.6 is 0 Å². The summed E-state index contributed by atoms with van der Waals surface area (Å²) in [4.78, 5) is 38.4. The number of amides is 2. The molecule has 2 amide bonds. The summed E-state index contributed by atoms with van der Waals surface area (Å²) in [6.07, 6.45) is 1.08. The summed E-state index contributed by atoms with van der Waals surface area (Å²) in [5.41, 5.74) is 1.73. The van der Waals surface area contributed by atoms with E-state index < -0.39 is 11.9 Å². The summed E-state index contributed by atoms with van der Waals surface area (Å²) in [5, 5.41) is 2.82. The monoisotopic (exact) mass is 410 g/mol. The molecule has 0 spiro atoms. The molecule has 0 bridgehead atoms. The van der Waals surface area contributed by atoms with E-state index in [-0.39, 0.29) is 18.2 Å². The lowest BCUT2D eigenvalue weighted by Crippen LogP contribution is -2.28. The number of benzene rings is 2. The third kappa shape index (κ3) is 5.17. The molecule has 7 nitrogen and oxygen atoms in total. The van der Waals surface area contributed by atoms with Crippen molar-refractivity contribution in [2.24, 2.45) is 5.92 Å². The fourth-order valence-electron chi connectivity index (χ4n) is 3.22. The summed E-state index contributed by atoms with van der Waals surface area (Å²) in [5.74, 6) is -0.405. The van der Waals surface area contributed by atoms with Crippen molar-refractivity contribution >= 4 is 29.2 Å². The lowest BCUT2D eigenvalue weighted by Gasteiger charge is -2.17. The average molecular weight is 410 g/mol. The molecule has 2 aromatic rings. The lowest BCUT2D eigenvalue weighted by molar-refractivity contribution is -0.122. The van der Waals surface area contributed by atoms with Crippen molar-refractivity contribution in [1.82, 2.24) is 0 Å². The largest absolute Gasteiger partial charge is 0.494 e. The van der Waals surface area contributed by atoms with E-state index >= 15 is 0 Å². The van der Waals surface area contributed by atoms with Gasteiger partial charge in [0.05, 0.1) is 24.7 Å². The number of carbonyl (C=O) groups excluding carboxylic acids is 3. The third-order valence-corrected chi connectivity index (χ3v) is 4.78. The summed E-state index contributed by atoms with van der Waals surface area (Å²) in [7, 11) is 0. The molecule has 30 heavy (non-hydrogen) atoms. The maximum absolute atomic E-state index is 12.6. The molecule has 1 atom stereocenters. The lowest BCUT2D eigenvalue weighted by atomic mass is 10.1. The van der Waals surface area contributed by atoms with E-state index in [1.807, 2.05) is 31.2 Å². The smallest absolute Gasteiger partial charge is 0.338 e. The summed E-state index contributed by atoms with van der Waals surface area (Å²) >= 11 is 0. The van der Waals surface area contributed by atoms with Gasteiger partial charge in [0.25, 0.3) is 0 Å². The number of carbonyl (C=O) groups is 3. The first-order chi connectivity index (χ1) is 14.5. The maximum Gasteiger partial charge on any atom is 0.338 e. The Morgan fingerprint density at radius 3 is 2.40 bits per heavy atom. The van der Waals surface area contributed by atoms with E-state index in [0.717, 1.165) is 17.9 Å². The van der Waals surface area contributed by atoms with Gasteiger partial charge in [0.2, 0.25) is 11.8 Å². The minimum Gasteiger partial charge on any atom is -0.494 e. The predicted octanol–water partition coefficient (Wildman–Crippen LogP) is 3.64. The molecule has 0 saturated carbocycles. The first-order valence-electron chi connectivity index (χ1n) is 10.1. The zero-order chi connectivity index (χ0) is 21.5. The molecular weight excluding hydrogens is 384 g/mol. The molecule has 3 rings (SSSR count). The van der Waals surface area contributed by atoms with Crippen LogP contribution in [0.2, 0.25) is 0 Å². The second kappa shape index (κ2) is 9.91. The highest BCUT2D eigenvalue weighted by Crippen LogP contribution is 2.27. The van der Waals surface area contributed by atoms with Crippen LogP contribution in [-0.4, -0.2) is 37.5 Å². The van der Waals surface area contributed by atoms with Crippen LogP contribution in [0.15, 0.2) is 48.5 Å². The number of nitrogens with zero attached hydrogens (tertiary/aromatic N) is 1. The van der Waals surface area contributed by atoms with Crippen molar-refractivity contribution in [3.05, 3.63) is 54.1 Å². The van der Waals surface area contributed by atoms with Gasteiger partial charge < -0.3 is 19.7 Å². The van der Waals surface area contributed by atoms with Gasteiger partial charge >= 0.3 is 5.97 Å². The van der Waals surface area contributed by atoms with Gasteiger partial charge in [0.1, 0.15) is 5.75 Å². The number of nitrogens with one attached hydrogen (secondary N) is 1. The topological polar surface area (TPSA) is 84.9 Å². The minimum atomic E-state index is -0.446. The summed E-state index contributed by atoms with van der Waals surface area (Å²) in [6.45, 7) is 5.05. The molecule has 2 aromatic carbocycles. The van der Waals surface area contributed by atoms with Gasteiger partial charge in [0.15, 0.2) is 0 Å². The highest BCUT2D eigenvalue weighted by molar-refractivity contribution is 6.03. The summed E-state index contributed by atoms with van der Waals surface area (Å²) < 4.78 is 10.5. The molecule has 0 aliphatic carbocycles. The molecule has 1 aliphatic rings. The van der Waals surface area contributed by atoms with Crippen LogP contribution in [0.1, 0.15) is 37.0 Å². The van der Waals surface area contributed by atoms with E-state index in [1.165, 1.54) is 0 Å². The van der Waals surface area contributed by atoms with Crippen LogP contribution < -0.4 is 15.0 Å². The molecule has 0 radical (unpaired) electrons. The van der Waals surface area contributed by atoms with Crippen molar-refractivity contribution in [2.45, 2.75) is 26.7 Å². The van der Waals surface area contributed by atoms with Crippen molar-refractivity contribution in [3.63, 3.8) is 0 Å². The Kier molecular flexibility index (Phi) is 7.06. The number of hydrogen-bond acceptors (Lipinski definition) is 5. The van der Waals surface area contributed by atoms with Crippen molar-refractivity contribution in [1.29, 1.82) is 0 Å². The van der Waals surface area contributed by atoms with Gasteiger partial charge in [-0.25, -0.2) is 4.79 Å². The third-order valence-electron chi connectivity index (χ3n) is 4.78. The Morgan fingerprint density at radius 1 is 1.07 bits per heavy atom. The molecule has 158 valence electrons. The second-order valence-corrected chi connectivity index (χ2v) is 7.03. The first-order valence-corrected chi connectivity index (χ1v) is 10.1. The quantitative estimate of drug-likeness (QED) is 0.672. The van der Waals surface area contributed by atoms with Gasteiger partial charge in [0, 0.05) is 24.3 Å². The van der Waals surface area contributed by atoms with Crippen molar-refractivity contribution < 1.29 is 23.9 Å². The Labute approximate surface area is 176 Å². The van der Waals surface area contributed by atoms with Gasteiger partial charge in [-0.15, -0.1) is 0 Å². The van der Waals surface area contributed by atoms with E-state index in [0.29, 0.717) is 31.0 Å². The van der Waals surface area contributed by atoms with E-state index in [4.69, 9.17) is 9.47 Å². The second-order valence-electron chi connectivity index (χ2n) is 7.03. The van der Waals surface area contributed by atoms with E-state index in [9.17, 15) is 14.4 Å². The molecule has 0 aromatic heterocycles. The number of ether oxygens (including phenoxy) is 2. The number of anilines is 2. The predicted molar refractivity (Wildman–Crippen MR) is 114 cm³/mol. The van der Waals surface area contributed by atoms with Gasteiger partial charge in [-0.3, -0.25) is 9.59 Å². The number of rotatable bonds is 8. The van der Waals surface area contributed by atoms with Gasteiger partial charge in [-0.2, -0.15) is 0 Å². The van der Waals surface area contributed by atoms with Crippen molar-refractivity contribution in [3.8, 4) is 5.75 Å². The molecule has 0 unspecified atom stereocenters. The summed E-state index contributed by atoms with van der Waals surface area (Å²) in [6, 6.07) is 13.8. The molecule has 1 aliphatic heterocycles. The highest BCUT2D eigenvalue weighted by Gasteiger charge is 2.35. The first kappa shape index (κ1) is 21.4. The fourth-order valence-corrected chi connectivity index (χ4v) is 3.22. The van der Waals surface area contributed by atoms with E-state index in [2.05, 4.69) is 5.32 Å². The molecule has 1 saturated heterocycles. The van der Waals surface area contributed by atoms with Crippen LogP contribution in [-0.2, 0) is 14.3 Å². The molecule has 1 fully saturated rings. The number of hydrogen-bond donors (Lipinski definition) is 1. The number of esters is 1. The highest BCUT2D eigenvalue weighted by atomic mass is 16.5. The Morgan fingerprint density at radius 2 is 1.77 bits per heavy atom. The van der Waals surface area contributed by atoms with Crippen molar-refractivity contribution in [2.75, 3.05) is 30.0 Å². The zero-order valence-corrected chi connectivity index (χ0v) is 17.2. The van der Waals surface area contributed by atoms with Crippen LogP contribution in [0.3, 0.4) is 0 Å². The average Bonchev–Trinajstić information content (AvgIpc) is 3.15. The Hall–Kier alpha value is -3.35.